The number of hydrogen-bond donors (Lipinski definition) is 1. The van der Waals surface area contributed by atoms with Gasteiger partial charge in [-0.2, -0.15) is 23.4 Å². The Labute approximate surface area is 134 Å². The molecule has 0 fully saturated rings. The van der Waals surface area contributed by atoms with Gasteiger partial charge in [-0.15, -0.1) is 0 Å². The van der Waals surface area contributed by atoms with Gasteiger partial charge in [0.2, 0.25) is 0 Å². The molecule has 0 radical (unpaired) electrons. The second-order valence-electron chi connectivity index (χ2n) is 5.34. The summed E-state index contributed by atoms with van der Waals surface area (Å²) in [5.41, 5.74) is 0.0758. The highest BCUT2D eigenvalue weighted by Crippen LogP contribution is 2.38. The Morgan fingerprint density at radius 3 is 2.57 bits per heavy atom. The average Bonchev–Trinajstić information content (AvgIpc) is 3.06. The Balaban J connectivity index is 1.99. The third-order valence-electron chi connectivity index (χ3n) is 3.77. The van der Waals surface area contributed by atoms with Gasteiger partial charge in [-0.05, 0) is 19.3 Å². The summed E-state index contributed by atoms with van der Waals surface area (Å²) >= 11 is 5.85. The monoisotopic (exact) mass is 347 g/mol. The van der Waals surface area contributed by atoms with Crippen molar-refractivity contribution in [1.29, 1.82) is 0 Å². The predicted molar refractivity (Wildman–Crippen MR) is 76.4 cm³/mol. The minimum atomic E-state index is -4.72. The number of halogens is 4. The molecular weight excluding hydrogens is 335 g/mol. The molecule has 2 heterocycles. The van der Waals surface area contributed by atoms with Crippen LogP contribution in [0.25, 0.3) is 0 Å². The molecule has 3 rings (SSSR count). The second kappa shape index (κ2) is 5.26. The highest BCUT2D eigenvalue weighted by Gasteiger charge is 2.40. The van der Waals surface area contributed by atoms with Gasteiger partial charge in [-0.1, -0.05) is 11.6 Å². The quantitative estimate of drug-likeness (QED) is 0.908. The SMILES string of the molecule is Cn1nc(C(F)(F)F)c(NC(=O)c2c3c(nn2C)CCC3)c1Cl. The van der Waals surface area contributed by atoms with Crippen molar-refractivity contribution in [2.75, 3.05) is 5.32 Å². The number of nitrogens with zero attached hydrogens (tertiary/aromatic N) is 4. The van der Waals surface area contributed by atoms with Crippen molar-refractivity contribution in [2.45, 2.75) is 25.4 Å². The van der Waals surface area contributed by atoms with E-state index in [1.165, 1.54) is 11.7 Å². The van der Waals surface area contributed by atoms with Gasteiger partial charge >= 0.3 is 6.18 Å². The van der Waals surface area contributed by atoms with Crippen LogP contribution in [0.2, 0.25) is 5.15 Å². The Bertz CT molecular complexity index is 793. The second-order valence-corrected chi connectivity index (χ2v) is 5.70. The molecule has 0 bridgehead atoms. The smallest absolute Gasteiger partial charge is 0.316 e. The first-order chi connectivity index (χ1) is 10.7. The number of anilines is 1. The highest BCUT2D eigenvalue weighted by molar-refractivity contribution is 6.33. The molecule has 124 valence electrons. The number of nitrogens with one attached hydrogen (secondary N) is 1. The number of amides is 1. The molecular formula is C13H13ClF3N5O. The van der Waals surface area contributed by atoms with Gasteiger partial charge < -0.3 is 5.32 Å². The molecule has 0 unspecified atom stereocenters. The highest BCUT2D eigenvalue weighted by atomic mass is 35.5. The standard InChI is InChI=1S/C13H13ClF3N5O/c1-21-9(6-4-3-5-7(6)19-21)12(23)18-8-10(13(15,16)17)20-22(2)11(8)14/h3-5H2,1-2H3,(H,18,23). The van der Waals surface area contributed by atoms with Crippen LogP contribution < -0.4 is 5.32 Å². The number of fused-ring (bicyclic) bond motifs is 1. The maximum atomic E-state index is 13.0. The molecule has 0 spiro atoms. The molecule has 6 nitrogen and oxygen atoms in total. The largest absolute Gasteiger partial charge is 0.437 e. The molecule has 1 aliphatic carbocycles. The minimum absolute atomic E-state index is 0.255. The van der Waals surface area contributed by atoms with Crippen LogP contribution in [0, 0.1) is 0 Å². The van der Waals surface area contributed by atoms with Crippen LogP contribution in [0.1, 0.15) is 33.9 Å². The van der Waals surface area contributed by atoms with Crippen LogP contribution in [0.5, 0.6) is 0 Å². The van der Waals surface area contributed by atoms with E-state index in [-0.39, 0.29) is 10.8 Å². The van der Waals surface area contributed by atoms with Gasteiger partial charge in [-0.3, -0.25) is 14.2 Å². The number of carbonyl (C=O) groups excluding carboxylic acids is 1. The van der Waals surface area contributed by atoms with E-state index in [1.54, 1.807) is 7.05 Å². The Morgan fingerprint density at radius 2 is 1.91 bits per heavy atom. The number of rotatable bonds is 2. The molecule has 0 saturated carbocycles. The maximum absolute atomic E-state index is 13.0. The maximum Gasteiger partial charge on any atom is 0.437 e. The van der Waals surface area contributed by atoms with Crippen molar-refractivity contribution in [3.63, 3.8) is 0 Å². The molecule has 0 aromatic carbocycles. The summed E-state index contributed by atoms with van der Waals surface area (Å²) in [4.78, 5) is 12.5. The first kappa shape index (κ1) is 15.9. The lowest BCUT2D eigenvalue weighted by Crippen LogP contribution is -2.20. The van der Waals surface area contributed by atoms with Crippen LogP contribution in [-0.2, 0) is 33.1 Å². The summed E-state index contributed by atoms with van der Waals surface area (Å²) in [5, 5.41) is 9.52. The van der Waals surface area contributed by atoms with E-state index in [0.717, 1.165) is 28.8 Å². The van der Waals surface area contributed by atoms with Crippen LogP contribution >= 0.6 is 11.6 Å². The first-order valence-corrected chi connectivity index (χ1v) is 7.23. The molecule has 1 amide bonds. The molecule has 2 aromatic heterocycles. The van der Waals surface area contributed by atoms with Crippen LogP contribution in [0.3, 0.4) is 0 Å². The van der Waals surface area contributed by atoms with Crippen molar-refractivity contribution < 1.29 is 18.0 Å². The van der Waals surface area contributed by atoms with Crippen molar-refractivity contribution in [2.24, 2.45) is 14.1 Å². The average molecular weight is 348 g/mol. The molecule has 0 aliphatic heterocycles. The summed E-state index contributed by atoms with van der Waals surface area (Å²) in [6.07, 6.45) is -2.40. The van der Waals surface area contributed by atoms with E-state index in [2.05, 4.69) is 15.5 Å². The van der Waals surface area contributed by atoms with Crippen molar-refractivity contribution in [1.82, 2.24) is 19.6 Å². The number of carbonyl (C=O) groups is 1. The van der Waals surface area contributed by atoms with Crippen LogP contribution in [-0.4, -0.2) is 25.5 Å². The molecule has 10 heteroatoms. The van der Waals surface area contributed by atoms with E-state index in [4.69, 9.17) is 11.6 Å². The van der Waals surface area contributed by atoms with E-state index in [9.17, 15) is 18.0 Å². The Hall–Kier alpha value is -2.03. The first-order valence-electron chi connectivity index (χ1n) is 6.86. The lowest BCUT2D eigenvalue weighted by Gasteiger charge is -2.09. The lowest BCUT2D eigenvalue weighted by atomic mass is 10.2. The van der Waals surface area contributed by atoms with Crippen LogP contribution in [0.15, 0.2) is 0 Å². The summed E-state index contributed by atoms with van der Waals surface area (Å²) in [5.74, 6) is -0.677. The fourth-order valence-corrected chi connectivity index (χ4v) is 2.96. The van der Waals surface area contributed by atoms with Crippen LogP contribution in [0.4, 0.5) is 18.9 Å². The number of aromatic nitrogens is 4. The van der Waals surface area contributed by atoms with Crippen molar-refractivity contribution in [3.05, 3.63) is 27.8 Å². The number of aryl methyl sites for hydroxylation is 3. The fourth-order valence-electron chi connectivity index (χ4n) is 2.79. The Kier molecular flexibility index (Phi) is 3.62. The molecule has 1 aliphatic rings. The third kappa shape index (κ3) is 2.58. The molecule has 23 heavy (non-hydrogen) atoms. The van der Waals surface area contributed by atoms with Gasteiger partial charge in [0.25, 0.3) is 5.91 Å². The lowest BCUT2D eigenvalue weighted by molar-refractivity contribution is -0.140. The van der Waals surface area contributed by atoms with Crippen molar-refractivity contribution >= 4 is 23.2 Å². The van der Waals surface area contributed by atoms with Crippen molar-refractivity contribution in [3.8, 4) is 0 Å². The fraction of sp³-hybridized carbons (Fsp3) is 0.462. The molecule has 1 N–H and O–H groups in total. The van der Waals surface area contributed by atoms with E-state index >= 15 is 0 Å². The normalized spacial score (nSPS) is 14.2. The predicted octanol–water partition coefficient (Wildman–Crippen LogP) is 2.57. The topological polar surface area (TPSA) is 64.7 Å². The van der Waals surface area contributed by atoms with Gasteiger partial charge in [0.1, 0.15) is 11.4 Å². The van der Waals surface area contributed by atoms with E-state index < -0.39 is 23.5 Å². The zero-order valence-electron chi connectivity index (χ0n) is 12.3. The zero-order valence-corrected chi connectivity index (χ0v) is 13.1. The summed E-state index contributed by atoms with van der Waals surface area (Å²) < 4.78 is 41.3. The zero-order chi connectivity index (χ0) is 16.9. The summed E-state index contributed by atoms with van der Waals surface area (Å²) in [7, 11) is 2.86. The number of hydrogen-bond acceptors (Lipinski definition) is 3. The summed E-state index contributed by atoms with van der Waals surface area (Å²) in [6, 6.07) is 0. The minimum Gasteiger partial charge on any atom is -0.316 e. The molecule has 0 atom stereocenters. The number of alkyl halides is 3. The van der Waals surface area contributed by atoms with Gasteiger partial charge in [-0.25, -0.2) is 0 Å². The third-order valence-corrected chi connectivity index (χ3v) is 4.20. The molecule has 0 saturated heterocycles. The summed E-state index contributed by atoms with van der Waals surface area (Å²) in [6.45, 7) is 0. The van der Waals surface area contributed by atoms with Gasteiger partial charge in [0.15, 0.2) is 10.8 Å². The van der Waals surface area contributed by atoms with E-state index in [1.807, 2.05) is 0 Å². The molecule has 2 aromatic rings. The van der Waals surface area contributed by atoms with Gasteiger partial charge in [0.05, 0.1) is 5.69 Å². The van der Waals surface area contributed by atoms with Gasteiger partial charge in [0, 0.05) is 19.7 Å². The van der Waals surface area contributed by atoms with E-state index in [0.29, 0.717) is 6.42 Å². The Morgan fingerprint density at radius 1 is 1.22 bits per heavy atom.